The van der Waals surface area contributed by atoms with E-state index in [1.54, 1.807) is 11.8 Å². The summed E-state index contributed by atoms with van der Waals surface area (Å²) in [4.78, 5) is 12.6. The van der Waals surface area contributed by atoms with Crippen molar-refractivity contribution in [1.82, 2.24) is 0 Å². The van der Waals surface area contributed by atoms with E-state index < -0.39 is 0 Å². The van der Waals surface area contributed by atoms with Crippen molar-refractivity contribution in [2.24, 2.45) is 0 Å². The Labute approximate surface area is 88.9 Å². The summed E-state index contributed by atoms with van der Waals surface area (Å²) in [5, 5.41) is 0. The van der Waals surface area contributed by atoms with Crippen LogP contribution in [-0.4, -0.2) is 11.5 Å². The molecule has 2 heteroatoms. The molecule has 1 aliphatic heterocycles. The van der Waals surface area contributed by atoms with E-state index in [2.05, 4.69) is 32.0 Å². The zero-order valence-corrected chi connectivity index (χ0v) is 9.36. The minimum Gasteiger partial charge on any atom is -0.298 e. The summed E-state index contributed by atoms with van der Waals surface area (Å²) in [7, 11) is 0. The number of ketones is 1. The fraction of sp³-hybridized carbons (Fsp3) is 0.417. The predicted octanol–water partition coefficient (Wildman–Crippen LogP) is 3.03. The van der Waals surface area contributed by atoms with Gasteiger partial charge in [0.05, 0.1) is 5.75 Å². The molecule has 1 heterocycles. The third-order valence-corrected chi connectivity index (χ3v) is 3.70. The van der Waals surface area contributed by atoms with Crippen LogP contribution in [0.25, 0.3) is 0 Å². The molecule has 0 atom stereocenters. The number of carbonyl (C=O) groups excluding carboxylic acids is 1. The lowest BCUT2D eigenvalue weighted by Crippen LogP contribution is -2.12. The van der Waals surface area contributed by atoms with Crippen LogP contribution in [-0.2, 0) is 11.2 Å². The maximum absolute atomic E-state index is 11.3. The van der Waals surface area contributed by atoms with Gasteiger partial charge in [-0.25, -0.2) is 0 Å². The van der Waals surface area contributed by atoms with Crippen LogP contribution in [0.4, 0.5) is 0 Å². The zero-order chi connectivity index (χ0) is 10.1. The number of hydrogen-bond donors (Lipinski definition) is 0. The second-order valence-corrected chi connectivity index (χ2v) is 5.04. The van der Waals surface area contributed by atoms with Gasteiger partial charge >= 0.3 is 0 Å². The highest BCUT2D eigenvalue weighted by molar-refractivity contribution is 8.00. The summed E-state index contributed by atoms with van der Waals surface area (Å²) in [6, 6.07) is 6.51. The number of benzene rings is 1. The molecule has 14 heavy (non-hydrogen) atoms. The lowest BCUT2D eigenvalue weighted by atomic mass is 9.99. The van der Waals surface area contributed by atoms with Gasteiger partial charge in [-0.05, 0) is 23.1 Å². The monoisotopic (exact) mass is 206 g/mol. The molecule has 0 radical (unpaired) electrons. The SMILES string of the molecule is CC(C)c1ccc2c(c1)CC(=O)CS2. The molecule has 2 rings (SSSR count). The Morgan fingerprint density at radius 1 is 1.36 bits per heavy atom. The van der Waals surface area contributed by atoms with Gasteiger partial charge in [0.15, 0.2) is 0 Å². The molecule has 0 aromatic heterocycles. The van der Waals surface area contributed by atoms with Crippen LogP contribution in [0.5, 0.6) is 0 Å². The highest BCUT2D eigenvalue weighted by atomic mass is 32.2. The molecule has 74 valence electrons. The van der Waals surface area contributed by atoms with Crippen molar-refractivity contribution in [3.05, 3.63) is 29.3 Å². The summed E-state index contributed by atoms with van der Waals surface area (Å²) in [5.41, 5.74) is 2.55. The average Bonchev–Trinajstić information content (AvgIpc) is 2.16. The van der Waals surface area contributed by atoms with Crippen molar-refractivity contribution in [3.8, 4) is 0 Å². The van der Waals surface area contributed by atoms with Gasteiger partial charge < -0.3 is 0 Å². The number of carbonyl (C=O) groups is 1. The molecule has 0 spiro atoms. The van der Waals surface area contributed by atoms with Crippen LogP contribution in [0.2, 0.25) is 0 Å². The second-order valence-electron chi connectivity index (χ2n) is 4.03. The van der Waals surface area contributed by atoms with Crippen LogP contribution in [0.15, 0.2) is 23.1 Å². The summed E-state index contributed by atoms with van der Waals surface area (Å²) < 4.78 is 0. The Morgan fingerprint density at radius 2 is 2.14 bits per heavy atom. The maximum atomic E-state index is 11.3. The summed E-state index contributed by atoms with van der Waals surface area (Å²) in [6.45, 7) is 4.36. The van der Waals surface area contributed by atoms with E-state index in [1.165, 1.54) is 16.0 Å². The lowest BCUT2D eigenvalue weighted by molar-refractivity contribution is -0.116. The van der Waals surface area contributed by atoms with Crippen LogP contribution in [0, 0.1) is 0 Å². The molecule has 1 aliphatic rings. The van der Waals surface area contributed by atoms with Gasteiger partial charge in [-0.2, -0.15) is 0 Å². The molecule has 0 N–H and O–H groups in total. The van der Waals surface area contributed by atoms with Gasteiger partial charge in [-0.3, -0.25) is 4.79 Å². The van der Waals surface area contributed by atoms with Crippen molar-refractivity contribution >= 4 is 17.5 Å². The van der Waals surface area contributed by atoms with Crippen molar-refractivity contribution in [1.29, 1.82) is 0 Å². The molecule has 1 nitrogen and oxygen atoms in total. The number of Topliss-reactive ketones (excluding diaryl/α,β-unsaturated/α-hetero) is 1. The quantitative estimate of drug-likeness (QED) is 0.702. The molecule has 0 aliphatic carbocycles. The maximum Gasteiger partial charge on any atom is 0.147 e. The average molecular weight is 206 g/mol. The predicted molar refractivity (Wildman–Crippen MR) is 60.0 cm³/mol. The lowest BCUT2D eigenvalue weighted by Gasteiger charge is -2.16. The molecule has 0 saturated carbocycles. The Hall–Kier alpha value is -0.760. The first-order chi connectivity index (χ1) is 6.66. The third-order valence-electron chi connectivity index (χ3n) is 2.53. The van der Waals surface area contributed by atoms with E-state index in [-0.39, 0.29) is 0 Å². The number of rotatable bonds is 1. The minimum atomic E-state index is 0.350. The van der Waals surface area contributed by atoms with E-state index in [9.17, 15) is 4.79 Å². The molecule has 1 aromatic rings. The summed E-state index contributed by atoms with van der Waals surface area (Å²) in [6.07, 6.45) is 0.628. The highest BCUT2D eigenvalue weighted by Crippen LogP contribution is 2.30. The van der Waals surface area contributed by atoms with Crippen LogP contribution in [0.3, 0.4) is 0 Å². The molecule has 1 aromatic carbocycles. The number of fused-ring (bicyclic) bond motifs is 1. The molecular formula is C12H14OS. The van der Waals surface area contributed by atoms with E-state index in [0.29, 0.717) is 23.9 Å². The smallest absolute Gasteiger partial charge is 0.147 e. The van der Waals surface area contributed by atoms with Gasteiger partial charge in [0.25, 0.3) is 0 Å². The fourth-order valence-electron chi connectivity index (χ4n) is 1.66. The van der Waals surface area contributed by atoms with Crippen LogP contribution >= 0.6 is 11.8 Å². The van der Waals surface area contributed by atoms with Crippen molar-refractivity contribution in [3.63, 3.8) is 0 Å². The molecule has 0 unspecified atom stereocenters. The Morgan fingerprint density at radius 3 is 2.86 bits per heavy atom. The highest BCUT2D eigenvalue weighted by Gasteiger charge is 2.16. The molecule has 0 amide bonds. The molecule has 0 fully saturated rings. The van der Waals surface area contributed by atoms with Crippen molar-refractivity contribution in [2.75, 3.05) is 5.75 Å². The van der Waals surface area contributed by atoms with Crippen molar-refractivity contribution in [2.45, 2.75) is 31.1 Å². The largest absolute Gasteiger partial charge is 0.298 e. The molecular weight excluding hydrogens is 192 g/mol. The van der Waals surface area contributed by atoms with Crippen LogP contribution < -0.4 is 0 Å². The Kier molecular flexibility index (Phi) is 2.64. The van der Waals surface area contributed by atoms with Crippen molar-refractivity contribution < 1.29 is 4.79 Å². The van der Waals surface area contributed by atoms with E-state index in [1.807, 2.05) is 0 Å². The third kappa shape index (κ3) is 1.85. The number of hydrogen-bond acceptors (Lipinski definition) is 2. The summed E-state index contributed by atoms with van der Waals surface area (Å²) >= 11 is 1.67. The minimum absolute atomic E-state index is 0.350. The first-order valence-electron chi connectivity index (χ1n) is 4.94. The molecule has 0 bridgehead atoms. The van der Waals surface area contributed by atoms with Gasteiger partial charge in [-0.1, -0.05) is 26.0 Å². The van der Waals surface area contributed by atoms with Gasteiger partial charge in [0.1, 0.15) is 5.78 Å². The Balaban J connectivity index is 2.37. The summed E-state index contributed by atoms with van der Waals surface area (Å²) in [5.74, 6) is 1.54. The zero-order valence-electron chi connectivity index (χ0n) is 8.54. The normalized spacial score (nSPS) is 15.8. The van der Waals surface area contributed by atoms with E-state index in [0.717, 1.165) is 0 Å². The van der Waals surface area contributed by atoms with Gasteiger partial charge in [0.2, 0.25) is 0 Å². The standard InChI is InChI=1S/C12H14OS/c1-8(2)9-3-4-12-10(5-9)6-11(13)7-14-12/h3-5,8H,6-7H2,1-2H3. The Bertz CT molecular complexity index is 369. The number of thioether (sulfide) groups is 1. The topological polar surface area (TPSA) is 17.1 Å². The molecule has 0 saturated heterocycles. The fourth-order valence-corrected chi connectivity index (χ4v) is 2.56. The van der Waals surface area contributed by atoms with E-state index in [4.69, 9.17) is 0 Å². The first-order valence-corrected chi connectivity index (χ1v) is 5.92. The second kappa shape index (κ2) is 3.77. The van der Waals surface area contributed by atoms with Crippen LogP contribution in [0.1, 0.15) is 30.9 Å². The van der Waals surface area contributed by atoms with E-state index >= 15 is 0 Å². The van der Waals surface area contributed by atoms with Gasteiger partial charge in [0, 0.05) is 11.3 Å². The van der Waals surface area contributed by atoms with Gasteiger partial charge in [-0.15, -0.1) is 11.8 Å². The first kappa shape index (κ1) is 9.78.